The van der Waals surface area contributed by atoms with Crippen LogP contribution in [-0.2, 0) is 14.2 Å². The van der Waals surface area contributed by atoms with Gasteiger partial charge in [-0.3, -0.25) is 0 Å². The molecule has 3 amide bonds. The van der Waals surface area contributed by atoms with Crippen LogP contribution in [0.1, 0.15) is 50.2 Å². The van der Waals surface area contributed by atoms with Gasteiger partial charge in [0.25, 0.3) is 0 Å². The lowest BCUT2D eigenvalue weighted by Crippen LogP contribution is -2.57. The zero-order valence-electron chi connectivity index (χ0n) is 21.8. The number of carbonyl (C=O) groups excluding carboxylic acids is 2. The second-order valence-electron chi connectivity index (χ2n) is 9.63. The Balaban J connectivity index is 1.76. The molecule has 37 heavy (non-hydrogen) atoms. The summed E-state index contributed by atoms with van der Waals surface area (Å²) in [7, 11) is 3.15. The largest absolute Gasteiger partial charge is 0.453 e. The summed E-state index contributed by atoms with van der Waals surface area (Å²) in [6, 6.07) is 3.86. The fourth-order valence-electron chi connectivity index (χ4n) is 5.21. The SMILES string of the molecule is CNC[C@H](CC1CCCCC1)NC(=O)N1CCOC[C@@H]1[C@@H](OCCNC(=O)OC)c1cccc(Cl)c1F. The van der Waals surface area contributed by atoms with Crippen molar-refractivity contribution < 1.29 is 28.2 Å². The number of nitrogens with zero attached hydrogens (tertiary/aromatic N) is 1. The highest BCUT2D eigenvalue weighted by molar-refractivity contribution is 6.30. The van der Waals surface area contributed by atoms with Crippen LogP contribution >= 0.6 is 11.6 Å². The van der Waals surface area contributed by atoms with Gasteiger partial charge in [-0.05, 0) is 25.5 Å². The van der Waals surface area contributed by atoms with Crippen molar-refractivity contribution in [2.75, 3.05) is 53.6 Å². The number of hydrogen-bond acceptors (Lipinski definition) is 6. The first-order chi connectivity index (χ1) is 17.9. The molecule has 2 fully saturated rings. The molecule has 1 aliphatic carbocycles. The Morgan fingerprint density at radius 3 is 2.78 bits per heavy atom. The van der Waals surface area contributed by atoms with Crippen LogP contribution in [0.4, 0.5) is 14.0 Å². The number of hydrogen-bond donors (Lipinski definition) is 3. The summed E-state index contributed by atoms with van der Waals surface area (Å²) in [5.41, 5.74) is 0.229. The molecule has 1 heterocycles. The third kappa shape index (κ3) is 8.70. The molecule has 1 saturated heterocycles. The van der Waals surface area contributed by atoms with E-state index >= 15 is 4.39 Å². The van der Waals surface area contributed by atoms with Gasteiger partial charge in [0.05, 0.1) is 38.0 Å². The molecule has 1 saturated carbocycles. The Hall–Kier alpha value is -2.14. The third-order valence-corrected chi connectivity index (χ3v) is 7.33. The number of likely N-dealkylation sites (N-methyl/N-ethyl adjacent to an activating group) is 1. The normalized spacial score (nSPS) is 20.2. The van der Waals surface area contributed by atoms with Crippen LogP contribution in [-0.4, -0.2) is 82.7 Å². The van der Waals surface area contributed by atoms with Gasteiger partial charge in [-0.25, -0.2) is 14.0 Å². The van der Waals surface area contributed by atoms with E-state index in [2.05, 4.69) is 20.7 Å². The molecule has 3 N–H and O–H groups in total. The van der Waals surface area contributed by atoms with Gasteiger partial charge < -0.3 is 35.1 Å². The fraction of sp³-hybridized carbons (Fsp3) is 0.692. The minimum absolute atomic E-state index is 0.0179. The molecule has 208 valence electrons. The van der Waals surface area contributed by atoms with Gasteiger partial charge in [0.15, 0.2) is 0 Å². The van der Waals surface area contributed by atoms with E-state index in [0.29, 0.717) is 25.6 Å². The number of amides is 3. The number of rotatable bonds is 11. The lowest BCUT2D eigenvalue weighted by Gasteiger charge is -2.41. The summed E-state index contributed by atoms with van der Waals surface area (Å²) >= 11 is 6.08. The van der Waals surface area contributed by atoms with Crippen molar-refractivity contribution in [2.45, 2.75) is 56.7 Å². The highest BCUT2D eigenvalue weighted by atomic mass is 35.5. The second kappa shape index (κ2) is 15.3. The molecule has 2 aliphatic rings. The van der Waals surface area contributed by atoms with Crippen LogP contribution in [0, 0.1) is 11.7 Å². The number of alkyl carbamates (subject to hydrolysis) is 1. The standard InChI is InChI=1S/C26H40ClFN4O5/c1-29-16-19(15-18-7-4-3-5-8-18)31-25(33)32-12-14-36-17-22(32)24(37-13-11-30-26(34)35-2)20-9-6-10-21(27)23(20)28/h6,9-10,18-19,22,24,29H,3-5,7-8,11-17H2,1-2H3,(H,30,34)(H,31,33)/t19-,22+,24-/m0/s1. The minimum atomic E-state index is -0.856. The average Bonchev–Trinajstić information content (AvgIpc) is 2.91. The minimum Gasteiger partial charge on any atom is -0.453 e. The van der Waals surface area contributed by atoms with Crippen LogP contribution < -0.4 is 16.0 Å². The van der Waals surface area contributed by atoms with Crippen molar-refractivity contribution in [3.8, 4) is 0 Å². The molecule has 11 heteroatoms. The zero-order chi connectivity index (χ0) is 26.6. The van der Waals surface area contributed by atoms with Crippen molar-refractivity contribution in [3.63, 3.8) is 0 Å². The molecule has 1 aliphatic heterocycles. The Kier molecular flexibility index (Phi) is 12.2. The molecule has 9 nitrogen and oxygen atoms in total. The van der Waals surface area contributed by atoms with Gasteiger partial charge >= 0.3 is 12.1 Å². The van der Waals surface area contributed by atoms with Crippen LogP contribution in [0.5, 0.6) is 0 Å². The number of morpholine rings is 1. The quantitative estimate of drug-likeness (QED) is 0.367. The first-order valence-electron chi connectivity index (χ1n) is 13.1. The number of urea groups is 1. The van der Waals surface area contributed by atoms with E-state index in [0.717, 1.165) is 6.42 Å². The van der Waals surface area contributed by atoms with Gasteiger partial charge in [-0.2, -0.15) is 0 Å². The number of benzene rings is 1. The smallest absolute Gasteiger partial charge is 0.406 e. The molecule has 0 radical (unpaired) electrons. The van der Waals surface area contributed by atoms with E-state index in [-0.39, 0.29) is 42.4 Å². The van der Waals surface area contributed by atoms with E-state index in [1.807, 2.05) is 7.05 Å². The van der Waals surface area contributed by atoms with Crippen LogP contribution in [0.25, 0.3) is 0 Å². The Morgan fingerprint density at radius 2 is 2.05 bits per heavy atom. The van der Waals surface area contributed by atoms with E-state index in [1.165, 1.54) is 45.3 Å². The molecule has 0 aromatic heterocycles. The summed E-state index contributed by atoms with van der Waals surface area (Å²) in [5.74, 6) is -0.00165. The Morgan fingerprint density at radius 1 is 1.27 bits per heavy atom. The monoisotopic (exact) mass is 542 g/mol. The number of methoxy groups -OCH3 is 1. The first kappa shape index (κ1) is 29.4. The van der Waals surface area contributed by atoms with Gasteiger partial charge in [0, 0.05) is 31.2 Å². The molecule has 1 aromatic carbocycles. The van der Waals surface area contributed by atoms with Crippen molar-refractivity contribution in [3.05, 3.63) is 34.6 Å². The molecule has 0 bridgehead atoms. The van der Waals surface area contributed by atoms with Gasteiger partial charge in [0.2, 0.25) is 0 Å². The molecular weight excluding hydrogens is 503 g/mol. The van der Waals surface area contributed by atoms with Crippen LogP contribution in [0.2, 0.25) is 5.02 Å². The number of ether oxygens (including phenoxy) is 3. The summed E-state index contributed by atoms with van der Waals surface area (Å²) < 4.78 is 31.5. The summed E-state index contributed by atoms with van der Waals surface area (Å²) in [5, 5.41) is 8.91. The molecule has 3 atom stereocenters. The number of carbonyl (C=O) groups is 2. The molecule has 0 spiro atoms. The third-order valence-electron chi connectivity index (χ3n) is 7.04. The maximum absolute atomic E-state index is 15.1. The lowest BCUT2D eigenvalue weighted by atomic mass is 9.85. The number of nitrogens with one attached hydrogen (secondary N) is 3. The van der Waals surface area contributed by atoms with Crippen LogP contribution in [0.15, 0.2) is 18.2 Å². The molecule has 0 unspecified atom stereocenters. The predicted octanol–water partition coefficient (Wildman–Crippen LogP) is 3.86. The Bertz CT molecular complexity index is 873. The van der Waals surface area contributed by atoms with Crippen molar-refractivity contribution >= 4 is 23.7 Å². The van der Waals surface area contributed by atoms with E-state index in [4.69, 9.17) is 21.1 Å². The highest BCUT2D eigenvalue weighted by Crippen LogP contribution is 2.32. The predicted molar refractivity (Wildman–Crippen MR) is 139 cm³/mol. The summed E-state index contributed by atoms with van der Waals surface area (Å²) in [4.78, 5) is 26.7. The number of halogens is 2. The fourth-order valence-corrected chi connectivity index (χ4v) is 5.39. The van der Waals surface area contributed by atoms with Gasteiger partial charge in [0.1, 0.15) is 11.9 Å². The zero-order valence-corrected chi connectivity index (χ0v) is 22.5. The van der Waals surface area contributed by atoms with Crippen molar-refractivity contribution in [1.29, 1.82) is 0 Å². The van der Waals surface area contributed by atoms with E-state index < -0.39 is 24.1 Å². The van der Waals surface area contributed by atoms with Crippen molar-refractivity contribution in [1.82, 2.24) is 20.9 Å². The second-order valence-corrected chi connectivity index (χ2v) is 10.0. The lowest BCUT2D eigenvalue weighted by molar-refractivity contribution is -0.0693. The van der Waals surface area contributed by atoms with Gasteiger partial charge in [-0.1, -0.05) is 55.8 Å². The average molecular weight is 543 g/mol. The van der Waals surface area contributed by atoms with Gasteiger partial charge in [-0.15, -0.1) is 0 Å². The van der Waals surface area contributed by atoms with E-state index in [9.17, 15) is 9.59 Å². The van der Waals surface area contributed by atoms with Crippen LogP contribution in [0.3, 0.4) is 0 Å². The maximum atomic E-state index is 15.1. The molecular formula is C26H40ClFN4O5. The summed E-state index contributed by atoms with van der Waals surface area (Å²) in [6.07, 6.45) is 5.63. The van der Waals surface area contributed by atoms with E-state index in [1.54, 1.807) is 17.0 Å². The Labute approximate surface area is 223 Å². The molecule has 3 rings (SSSR count). The highest BCUT2D eigenvalue weighted by Gasteiger charge is 2.37. The topological polar surface area (TPSA) is 101 Å². The summed E-state index contributed by atoms with van der Waals surface area (Å²) in [6.45, 7) is 1.78. The first-order valence-corrected chi connectivity index (χ1v) is 13.5. The molecule has 1 aromatic rings. The maximum Gasteiger partial charge on any atom is 0.406 e. The van der Waals surface area contributed by atoms with Crippen molar-refractivity contribution in [2.24, 2.45) is 5.92 Å².